The van der Waals surface area contributed by atoms with Crippen LogP contribution < -0.4 is 0 Å². The number of terminal acetylenes is 1. The molecular formula is C12H23N. The highest BCUT2D eigenvalue weighted by Crippen LogP contribution is 2.06. The van der Waals surface area contributed by atoms with E-state index in [4.69, 9.17) is 6.42 Å². The molecule has 1 rings (SSSR count). The van der Waals surface area contributed by atoms with Gasteiger partial charge < -0.3 is 4.90 Å². The van der Waals surface area contributed by atoms with Crippen molar-refractivity contribution in [2.75, 3.05) is 20.1 Å². The summed E-state index contributed by atoms with van der Waals surface area (Å²) in [6.45, 7) is 10.1. The Kier molecular flexibility index (Phi) is 12.8. The fraction of sp³-hybridized carbons (Fsp3) is 0.667. The van der Waals surface area contributed by atoms with Crippen molar-refractivity contribution in [2.24, 2.45) is 0 Å². The minimum Gasteiger partial charge on any atom is -0.302 e. The molecule has 1 heteroatoms. The van der Waals surface area contributed by atoms with Crippen LogP contribution in [0.3, 0.4) is 0 Å². The maximum Gasteiger partial charge on any atom is 0.0172 e. The van der Waals surface area contributed by atoms with Gasteiger partial charge in [-0.3, -0.25) is 0 Å². The Labute approximate surface area is 83.8 Å². The van der Waals surface area contributed by atoms with Crippen LogP contribution in [-0.2, 0) is 0 Å². The molecule has 0 radical (unpaired) electrons. The van der Waals surface area contributed by atoms with Crippen LogP contribution in [0.25, 0.3) is 0 Å². The SMILES string of the molecule is C#CC1=CCN(C)CC1.CC.CC. The van der Waals surface area contributed by atoms with E-state index in [1.165, 1.54) is 0 Å². The zero-order valence-electron chi connectivity index (χ0n) is 9.72. The van der Waals surface area contributed by atoms with Gasteiger partial charge in [-0.2, -0.15) is 0 Å². The summed E-state index contributed by atoms with van der Waals surface area (Å²) in [6.07, 6.45) is 8.38. The normalized spacial score (nSPS) is 15.2. The van der Waals surface area contributed by atoms with Gasteiger partial charge >= 0.3 is 0 Å². The zero-order chi connectivity index (χ0) is 10.7. The summed E-state index contributed by atoms with van der Waals surface area (Å²) in [5.74, 6) is 2.66. The van der Waals surface area contributed by atoms with Crippen molar-refractivity contribution in [3.63, 3.8) is 0 Å². The highest BCUT2D eigenvalue weighted by Gasteiger charge is 2.03. The Morgan fingerprint density at radius 2 is 1.85 bits per heavy atom. The first-order valence-corrected chi connectivity index (χ1v) is 5.17. The summed E-state index contributed by atoms with van der Waals surface area (Å²) in [5, 5.41) is 0. The van der Waals surface area contributed by atoms with Crippen molar-refractivity contribution < 1.29 is 0 Å². The second-order valence-electron chi connectivity index (χ2n) is 2.39. The van der Waals surface area contributed by atoms with E-state index in [2.05, 4.69) is 23.9 Å². The van der Waals surface area contributed by atoms with Crippen molar-refractivity contribution in [3.05, 3.63) is 11.6 Å². The molecule has 0 saturated heterocycles. The van der Waals surface area contributed by atoms with Crippen molar-refractivity contribution in [3.8, 4) is 12.3 Å². The van der Waals surface area contributed by atoms with Gasteiger partial charge in [-0.05, 0) is 13.5 Å². The van der Waals surface area contributed by atoms with Crippen LogP contribution >= 0.6 is 0 Å². The molecule has 1 aliphatic rings. The lowest BCUT2D eigenvalue weighted by molar-refractivity contribution is 0.362. The van der Waals surface area contributed by atoms with Crippen molar-refractivity contribution in [1.82, 2.24) is 4.90 Å². The summed E-state index contributed by atoms with van der Waals surface area (Å²) in [6, 6.07) is 0. The van der Waals surface area contributed by atoms with Gasteiger partial charge in [0.15, 0.2) is 0 Å². The second kappa shape index (κ2) is 11.3. The van der Waals surface area contributed by atoms with Crippen LogP contribution in [0.1, 0.15) is 34.1 Å². The van der Waals surface area contributed by atoms with E-state index in [1.807, 2.05) is 27.7 Å². The summed E-state index contributed by atoms with van der Waals surface area (Å²) in [4.78, 5) is 2.25. The molecule has 0 amide bonds. The monoisotopic (exact) mass is 181 g/mol. The highest BCUT2D eigenvalue weighted by atomic mass is 15.1. The zero-order valence-corrected chi connectivity index (χ0v) is 9.72. The maximum absolute atomic E-state index is 5.21. The smallest absolute Gasteiger partial charge is 0.0172 e. The molecule has 0 N–H and O–H groups in total. The van der Waals surface area contributed by atoms with Gasteiger partial charge in [0.25, 0.3) is 0 Å². The van der Waals surface area contributed by atoms with E-state index in [0.717, 1.165) is 25.1 Å². The minimum absolute atomic E-state index is 1.01. The molecule has 0 aromatic heterocycles. The fourth-order valence-electron chi connectivity index (χ4n) is 0.902. The Morgan fingerprint density at radius 3 is 2.15 bits per heavy atom. The number of hydrogen-bond donors (Lipinski definition) is 0. The Bertz CT molecular complexity index is 162. The lowest BCUT2D eigenvalue weighted by Gasteiger charge is -2.18. The minimum atomic E-state index is 1.01. The molecule has 0 aliphatic carbocycles. The predicted octanol–water partition coefficient (Wildman–Crippen LogP) is 2.93. The number of nitrogens with zero attached hydrogens (tertiary/aromatic N) is 1. The van der Waals surface area contributed by atoms with Gasteiger partial charge in [0.1, 0.15) is 0 Å². The van der Waals surface area contributed by atoms with Crippen molar-refractivity contribution in [2.45, 2.75) is 34.1 Å². The Balaban J connectivity index is 0. The molecule has 0 bridgehead atoms. The molecule has 0 atom stereocenters. The molecular weight excluding hydrogens is 158 g/mol. The van der Waals surface area contributed by atoms with Crippen LogP contribution in [0.2, 0.25) is 0 Å². The van der Waals surface area contributed by atoms with Crippen LogP contribution in [0.4, 0.5) is 0 Å². The van der Waals surface area contributed by atoms with E-state index in [9.17, 15) is 0 Å². The largest absolute Gasteiger partial charge is 0.302 e. The first kappa shape index (κ1) is 14.8. The van der Waals surface area contributed by atoms with Crippen molar-refractivity contribution in [1.29, 1.82) is 0 Å². The van der Waals surface area contributed by atoms with E-state index in [1.54, 1.807) is 0 Å². The molecule has 76 valence electrons. The first-order valence-electron chi connectivity index (χ1n) is 5.17. The molecule has 1 nitrogen and oxygen atoms in total. The third-order valence-corrected chi connectivity index (χ3v) is 1.60. The third kappa shape index (κ3) is 7.62. The number of likely N-dealkylation sites (N-methyl/N-ethyl adjacent to an activating group) is 1. The van der Waals surface area contributed by atoms with Gasteiger partial charge in [-0.1, -0.05) is 39.7 Å². The lowest BCUT2D eigenvalue weighted by Crippen LogP contribution is -2.23. The molecule has 0 unspecified atom stereocenters. The van der Waals surface area contributed by atoms with E-state index < -0.39 is 0 Å². The standard InChI is InChI=1S/C8H11N.2C2H6/c1-3-8-4-6-9(2)7-5-8;2*1-2/h1,4H,5-7H2,2H3;2*1-2H3. The van der Waals surface area contributed by atoms with Gasteiger partial charge in [-0.15, -0.1) is 6.42 Å². The van der Waals surface area contributed by atoms with E-state index >= 15 is 0 Å². The van der Waals surface area contributed by atoms with Gasteiger partial charge in [0.05, 0.1) is 0 Å². The van der Waals surface area contributed by atoms with Gasteiger partial charge in [0, 0.05) is 18.7 Å². The highest BCUT2D eigenvalue weighted by molar-refractivity contribution is 5.26. The third-order valence-electron chi connectivity index (χ3n) is 1.60. The van der Waals surface area contributed by atoms with Crippen molar-refractivity contribution >= 4 is 0 Å². The molecule has 1 heterocycles. The fourth-order valence-corrected chi connectivity index (χ4v) is 0.902. The molecule has 0 aromatic carbocycles. The Hall–Kier alpha value is -0.740. The molecule has 13 heavy (non-hydrogen) atoms. The number of rotatable bonds is 0. The lowest BCUT2D eigenvalue weighted by atomic mass is 10.1. The molecule has 0 aromatic rings. The number of hydrogen-bond acceptors (Lipinski definition) is 1. The summed E-state index contributed by atoms with van der Waals surface area (Å²) >= 11 is 0. The van der Waals surface area contributed by atoms with Crippen LogP contribution in [0, 0.1) is 12.3 Å². The second-order valence-corrected chi connectivity index (χ2v) is 2.39. The molecule has 0 saturated carbocycles. The van der Waals surface area contributed by atoms with Gasteiger partial charge in [0.2, 0.25) is 0 Å². The first-order chi connectivity index (χ1) is 6.33. The average molecular weight is 181 g/mol. The van der Waals surface area contributed by atoms with Gasteiger partial charge in [-0.25, -0.2) is 0 Å². The molecule has 0 fully saturated rings. The van der Waals surface area contributed by atoms with E-state index in [-0.39, 0.29) is 0 Å². The molecule has 1 aliphatic heterocycles. The quantitative estimate of drug-likeness (QED) is 0.519. The van der Waals surface area contributed by atoms with Crippen LogP contribution in [0.5, 0.6) is 0 Å². The average Bonchev–Trinajstić information content (AvgIpc) is 2.25. The summed E-state index contributed by atoms with van der Waals surface area (Å²) in [7, 11) is 2.10. The topological polar surface area (TPSA) is 3.24 Å². The predicted molar refractivity (Wildman–Crippen MR) is 61.7 cm³/mol. The summed E-state index contributed by atoms with van der Waals surface area (Å²) < 4.78 is 0. The summed E-state index contributed by atoms with van der Waals surface area (Å²) in [5.41, 5.74) is 1.16. The van der Waals surface area contributed by atoms with E-state index in [0.29, 0.717) is 0 Å². The molecule has 0 spiro atoms. The Morgan fingerprint density at radius 1 is 1.31 bits per heavy atom. The van der Waals surface area contributed by atoms with Crippen LogP contribution in [-0.4, -0.2) is 25.0 Å². The maximum atomic E-state index is 5.21. The van der Waals surface area contributed by atoms with Crippen LogP contribution in [0.15, 0.2) is 11.6 Å².